The Morgan fingerprint density at radius 3 is 2.58 bits per heavy atom. The minimum absolute atomic E-state index is 0.0363. The minimum atomic E-state index is -0.281. The van der Waals surface area contributed by atoms with Crippen LogP contribution in [-0.4, -0.2) is 12.7 Å². The van der Waals surface area contributed by atoms with Crippen LogP contribution in [0.25, 0.3) is 5.57 Å². The normalized spacial score (nSPS) is 20.7. The van der Waals surface area contributed by atoms with E-state index in [2.05, 4.69) is 53.0 Å². The van der Waals surface area contributed by atoms with E-state index in [0.717, 1.165) is 42.7 Å². The van der Waals surface area contributed by atoms with Gasteiger partial charge in [0.05, 0.1) is 10.9 Å². The molecule has 2 heterocycles. The lowest BCUT2D eigenvalue weighted by Gasteiger charge is -2.21. The lowest BCUT2D eigenvalue weighted by atomic mass is 9.80. The first-order chi connectivity index (χ1) is 15.0. The molecular weight excluding hydrogens is 525 g/mol. The molecule has 1 amide bonds. The highest BCUT2D eigenvalue weighted by molar-refractivity contribution is 14.1. The number of halogens is 2. The molecule has 6 heteroatoms. The van der Waals surface area contributed by atoms with Crippen LogP contribution >= 0.6 is 34.2 Å². The summed E-state index contributed by atoms with van der Waals surface area (Å²) in [6, 6.07) is 18.2. The number of carbonyl (C=O) groups excluding carboxylic acids is 1. The number of rotatable bonds is 2. The summed E-state index contributed by atoms with van der Waals surface area (Å²) in [4.78, 5) is 13.1. The number of anilines is 1. The molecule has 4 nitrogen and oxygen atoms in total. The van der Waals surface area contributed by atoms with Crippen molar-refractivity contribution in [1.29, 1.82) is 0 Å². The molecule has 0 saturated heterocycles. The predicted octanol–water partition coefficient (Wildman–Crippen LogP) is 6.33. The molecule has 2 atom stereocenters. The Kier molecular flexibility index (Phi) is 4.34. The van der Waals surface area contributed by atoms with E-state index in [1.165, 1.54) is 0 Å². The zero-order chi connectivity index (χ0) is 21.3. The summed E-state index contributed by atoms with van der Waals surface area (Å²) in [5.74, 6) is 1.05. The fraction of sp³-hybridized carbons (Fsp3) is 0.160. The molecule has 31 heavy (non-hydrogen) atoms. The number of nitrogens with one attached hydrogen (secondary N) is 1. The monoisotopic (exact) mass is 541 g/mol. The third-order valence-electron chi connectivity index (χ3n) is 6.38. The summed E-state index contributed by atoms with van der Waals surface area (Å²) in [7, 11) is 0. The van der Waals surface area contributed by atoms with E-state index < -0.39 is 0 Å². The van der Waals surface area contributed by atoms with E-state index in [4.69, 9.17) is 21.1 Å². The van der Waals surface area contributed by atoms with Crippen LogP contribution in [0.5, 0.6) is 11.5 Å². The van der Waals surface area contributed by atoms with Crippen LogP contribution in [0.3, 0.4) is 0 Å². The number of hydrogen-bond donors (Lipinski definition) is 1. The van der Waals surface area contributed by atoms with Crippen molar-refractivity contribution in [2.75, 3.05) is 12.1 Å². The fourth-order valence-corrected chi connectivity index (χ4v) is 5.84. The average Bonchev–Trinajstić information content (AvgIpc) is 3.40. The van der Waals surface area contributed by atoms with Crippen LogP contribution in [0.4, 0.5) is 5.69 Å². The number of fused-ring (bicyclic) bond motifs is 3. The molecule has 0 bridgehead atoms. The average molecular weight is 542 g/mol. The van der Waals surface area contributed by atoms with Gasteiger partial charge in [-0.15, -0.1) is 0 Å². The smallest absolute Gasteiger partial charge is 0.232 e. The fourth-order valence-electron chi connectivity index (χ4n) is 5.08. The van der Waals surface area contributed by atoms with Crippen molar-refractivity contribution in [3.8, 4) is 11.5 Å². The Morgan fingerprint density at radius 2 is 1.74 bits per heavy atom. The first-order valence-electron chi connectivity index (χ1n) is 10.0. The highest BCUT2D eigenvalue weighted by Gasteiger charge is 2.43. The van der Waals surface area contributed by atoms with Gasteiger partial charge in [-0.25, -0.2) is 0 Å². The Balaban J connectivity index is 1.57. The first kappa shape index (κ1) is 19.2. The molecule has 0 saturated carbocycles. The van der Waals surface area contributed by atoms with Crippen molar-refractivity contribution in [2.45, 2.75) is 18.8 Å². The summed E-state index contributed by atoms with van der Waals surface area (Å²) >= 11 is 9.01. The molecule has 154 valence electrons. The van der Waals surface area contributed by atoms with E-state index in [0.29, 0.717) is 16.5 Å². The molecule has 1 N–H and O–H groups in total. The maximum atomic E-state index is 13.1. The molecule has 0 radical (unpaired) electrons. The topological polar surface area (TPSA) is 47.6 Å². The second-order valence-electron chi connectivity index (χ2n) is 8.01. The van der Waals surface area contributed by atoms with Gasteiger partial charge in [0.25, 0.3) is 0 Å². The Bertz CT molecular complexity index is 1320. The van der Waals surface area contributed by atoms with Crippen LogP contribution in [-0.2, 0) is 4.79 Å². The van der Waals surface area contributed by atoms with Crippen molar-refractivity contribution in [3.05, 3.63) is 91.0 Å². The minimum Gasteiger partial charge on any atom is -0.454 e. The van der Waals surface area contributed by atoms with Crippen molar-refractivity contribution < 1.29 is 14.3 Å². The Labute approximate surface area is 198 Å². The molecule has 1 aliphatic carbocycles. The molecule has 0 aromatic heterocycles. The van der Waals surface area contributed by atoms with Gasteiger partial charge in [-0.3, -0.25) is 4.79 Å². The summed E-state index contributed by atoms with van der Waals surface area (Å²) in [5, 5.41) is 3.69. The second kappa shape index (κ2) is 7.00. The maximum Gasteiger partial charge on any atom is 0.232 e. The predicted molar refractivity (Wildman–Crippen MR) is 129 cm³/mol. The summed E-state index contributed by atoms with van der Waals surface area (Å²) in [6.07, 6.45) is 0. The molecule has 3 aliphatic rings. The quantitative estimate of drug-likeness (QED) is 0.386. The lowest BCUT2D eigenvalue weighted by Crippen LogP contribution is -2.19. The molecule has 6 rings (SSSR count). The summed E-state index contributed by atoms with van der Waals surface area (Å²) in [6.45, 7) is 2.31. The zero-order valence-electron chi connectivity index (χ0n) is 16.5. The molecule has 0 fully saturated rings. The van der Waals surface area contributed by atoms with E-state index >= 15 is 0 Å². The first-order valence-corrected chi connectivity index (χ1v) is 11.5. The molecule has 2 aliphatic heterocycles. The number of allylic oxidation sites excluding steroid dienone is 1. The highest BCUT2D eigenvalue weighted by Crippen LogP contribution is 2.55. The zero-order valence-corrected chi connectivity index (χ0v) is 19.5. The molecular formula is C25H17ClINO3. The van der Waals surface area contributed by atoms with E-state index in [1.54, 1.807) is 0 Å². The van der Waals surface area contributed by atoms with Crippen LogP contribution in [0.1, 0.15) is 41.0 Å². The molecule has 3 aromatic rings. The SMILES string of the molecule is CC1=C(c2cc3c(cc2Cl)OCO3)c2ccccc2C1C1C(=O)Nc2ccc(I)cc21. The number of ether oxygens (including phenoxy) is 2. The summed E-state index contributed by atoms with van der Waals surface area (Å²) < 4.78 is 12.2. The van der Waals surface area contributed by atoms with Gasteiger partial charge in [0.2, 0.25) is 12.7 Å². The largest absolute Gasteiger partial charge is 0.454 e. The summed E-state index contributed by atoms with van der Waals surface area (Å²) in [5.41, 5.74) is 7.31. The van der Waals surface area contributed by atoms with Gasteiger partial charge in [0.15, 0.2) is 11.5 Å². The van der Waals surface area contributed by atoms with Gasteiger partial charge in [0.1, 0.15) is 0 Å². The number of carbonyl (C=O) groups is 1. The Hall–Kier alpha value is -2.51. The van der Waals surface area contributed by atoms with Gasteiger partial charge in [-0.05, 0) is 76.0 Å². The number of amides is 1. The van der Waals surface area contributed by atoms with Crippen molar-refractivity contribution >= 4 is 51.4 Å². The molecule has 0 spiro atoms. The van der Waals surface area contributed by atoms with E-state index in [1.807, 2.05) is 36.4 Å². The van der Waals surface area contributed by atoms with Gasteiger partial charge < -0.3 is 14.8 Å². The van der Waals surface area contributed by atoms with Gasteiger partial charge in [-0.2, -0.15) is 0 Å². The van der Waals surface area contributed by atoms with Gasteiger partial charge in [-0.1, -0.05) is 41.4 Å². The second-order valence-corrected chi connectivity index (χ2v) is 9.66. The van der Waals surface area contributed by atoms with E-state index in [9.17, 15) is 4.79 Å². The molecule has 3 aromatic carbocycles. The van der Waals surface area contributed by atoms with Crippen molar-refractivity contribution in [1.82, 2.24) is 0 Å². The number of benzene rings is 3. The van der Waals surface area contributed by atoms with Crippen LogP contribution < -0.4 is 14.8 Å². The Morgan fingerprint density at radius 1 is 0.968 bits per heavy atom. The van der Waals surface area contributed by atoms with Gasteiger partial charge in [0, 0.05) is 26.8 Å². The van der Waals surface area contributed by atoms with Crippen molar-refractivity contribution in [3.63, 3.8) is 0 Å². The van der Waals surface area contributed by atoms with Crippen LogP contribution in [0.2, 0.25) is 5.02 Å². The third kappa shape index (κ3) is 2.83. The number of hydrogen-bond acceptors (Lipinski definition) is 3. The highest BCUT2D eigenvalue weighted by atomic mass is 127. The van der Waals surface area contributed by atoms with E-state index in [-0.39, 0.29) is 24.5 Å². The maximum absolute atomic E-state index is 13.1. The lowest BCUT2D eigenvalue weighted by molar-refractivity contribution is -0.117. The van der Waals surface area contributed by atoms with Crippen LogP contribution in [0, 0.1) is 3.57 Å². The molecule has 2 unspecified atom stereocenters. The van der Waals surface area contributed by atoms with Gasteiger partial charge >= 0.3 is 0 Å². The third-order valence-corrected chi connectivity index (χ3v) is 7.36. The standard InChI is InChI=1S/C25H17ClINO3/c1-12-22(16-9-20-21(10-18(16)26)31-11-30-20)14-4-2-3-5-15(14)23(12)24-17-8-13(27)6-7-19(17)28-25(24)29/h2-10,23-24H,11H2,1H3,(H,28,29). The van der Waals surface area contributed by atoms with Crippen molar-refractivity contribution in [2.24, 2.45) is 0 Å². The van der Waals surface area contributed by atoms with Crippen LogP contribution in [0.15, 0.2) is 60.2 Å².